The average Bonchev–Trinajstić information content (AvgIpc) is 2.39. The molecule has 3 heteroatoms. The smallest absolute Gasteiger partial charge is 0.331 e. The van der Waals surface area contributed by atoms with Gasteiger partial charge >= 0.3 is 5.97 Å². The molecule has 0 fully saturated rings. The summed E-state index contributed by atoms with van der Waals surface area (Å²) in [6.07, 6.45) is 1.45. The number of carbonyl (C=O) groups excluding carboxylic acids is 1. The molecule has 18 heavy (non-hydrogen) atoms. The zero-order valence-corrected chi connectivity index (χ0v) is 10.9. The van der Waals surface area contributed by atoms with Crippen LogP contribution in [0.15, 0.2) is 58.8 Å². The van der Waals surface area contributed by atoms with Crippen LogP contribution in [-0.2, 0) is 9.53 Å². The van der Waals surface area contributed by atoms with Crippen LogP contribution in [0.1, 0.15) is 6.92 Å². The van der Waals surface area contributed by atoms with Crippen molar-refractivity contribution in [2.75, 3.05) is 6.61 Å². The van der Waals surface area contributed by atoms with E-state index in [1.165, 1.54) is 28.6 Å². The number of ether oxygens (including phenoxy) is 1. The van der Waals surface area contributed by atoms with Crippen molar-refractivity contribution in [1.29, 1.82) is 0 Å². The Labute approximate surface area is 111 Å². The van der Waals surface area contributed by atoms with E-state index in [2.05, 4.69) is 24.3 Å². The van der Waals surface area contributed by atoms with Crippen LogP contribution >= 0.6 is 11.8 Å². The van der Waals surface area contributed by atoms with Gasteiger partial charge in [-0.25, -0.2) is 4.79 Å². The molecule has 0 saturated carbocycles. The van der Waals surface area contributed by atoms with Crippen molar-refractivity contribution in [3.63, 3.8) is 0 Å². The van der Waals surface area contributed by atoms with Crippen LogP contribution in [0.25, 0.3) is 10.8 Å². The fraction of sp³-hybridized carbons (Fsp3) is 0.133. The molecular formula is C15H14O2S. The van der Waals surface area contributed by atoms with E-state index in [0.29, 0.717) is 6.61 Å². The second-order valence-corrected chi connectivity index (χ2v) is 4.66. The van der Waals surface area contributed by atoms with Gasteiger partial charge in [0.15, 0.2) is 0 Å². The van der Waals surface area contributed by atoms with E-state index in [1.54, 1.807) is 12.3 Å². The summed E-state index contributed by atoms with van der Waals surface area (Å²) in [5, 5.41) is 4.17. The first kappa shape index (κ1) is 12.7. The monoisotopic (exact) mass is 258 g/mol. The van der Waals surface area contributed by atoms with Gasteiger partial charge in [-0.3, -0.25) is 0 Å². The lowest BCUT2D eigenvalue weighted by atomic mass is 10.1. The Balaban J connectivity index is 2.06. The van der Waals surface area contributed by atoms with Crippen LogP contribution in [0.3, 0.4) is 0 Å². The molecule has 0 aliphatic rings. The Morgan fingerprint density at radius 1 is 1.22 bits per heavy atom. The molecule has 0 saturated heterocycles. The maximum absolute atomic E-state index is 11.1. The van der Waals surface area contributed by atoms with Gasteiger partial charge in [-0.15, -0.1) is 0 Å². The van der Waals surface area contributed by atoms with E-state index in [4.69, 9.17) is 4.74 Å². The molecule has 0 radical (unpaired) electrons. The van der Waals surface area contributed by atoms with Gasteiger partial charge in [-0.05, 0) is 35.2 Å². The molecule has 0 unspecified atom stereocenters. The molecule has 2 aromatic rings. The van der Waals surface area contributed by atoms with Gasteiger partial charge in [0.25, 0.3) is 0 Å². The van der Waals surface area contributed by atoms with E-state index >= 15 is 0 Å². The van der Waals surface area contributed by atoms with Gasteiger partial charge in [-0.1, -0.05) is 42.1 Å². The Bertz CT molecular complexity index is 575. The quantitative estimate of drug-likeness (QED) is 0.471. The zero-order chi connectivity index (χ0) is 12.8. The lowest BCUT2D eigenvalue weighted by molar-refractivity contribution is -0.137. The predicted octanol–water partition coefficient (Wildman–Crippen LogP) is 4.01. The number of hydrogen-bond acceptors (Lipinski definition) is 3. The van der Waals surface area contributed by atoms with Crippen molar-refractivity contribution in [3.05, 3.63) is 53.9 Å². The summed E-state index contributed by atoms with van der Waals surface area (Å²) in [5.41, 5.74) is 0. The van der Waals surface area contributed by atoms with Gasteiger partial charge in [0.2, 0.25) is 0 Å². The minimum atomic E-state index is -0.300. The van der Waals surface area contributed by atoms with Gasteiger partial charge < -0.3 is 4.74 Å². The van der Waals surface area contributed by atoms with Crippen LogP contribution < -0.4 is 0 Å². The Hall–Kier alpha value is -1.74. The molecule has 2 aromatic carbocycles. The van der Waals surface area contributed by atoms with E-state index in [-0.39, 0.29) is 5.97 Å². The van der Waals surface area contributed by atoms with Crippen LogP contribution in [0.4, 0.5) is 0 Å². The molecule has 0 spiro atoms. The van der Waals surface area contributed by atoms with Crippen molar-refractivity contribution in [2.24, 2.45) is 0 Å². The van der Waals surface area contributed by atoms with Crippen molar-refractivity contribution < 1.29 is 9.53 Å². The number of rotatable bonds is 4. The Kier molecular flexibility index (Phi) is 4.42. The number of hydrogen-bond donors (Lipinski definition) is 0. The molecule has 2 nitrogen and oxygen atoms in total. The zero-order valence-electron chi connectivity index (χ0n) is 10.1. The summed E-state index contributed by atoms with van der Waals surface area (Å²) in [6.45, 7) is 2.20. The molecule has 0 aromatic heterocycles. The number of esters is 1. The topological polar surface area (TPSA) is 26.3 Å². The Morgan fingerprint density at radius 2 is 2.00 bits per heavy atom. The summed E-state index contributed by atoms with van der Waals surface area (Å²) in [7, 11) is 0. The summed E-state index contributed by atoms with van der Waals surface area (Å²) in [5.74, 6) is -0.300. The maximum atomic E-state index is 11.1. The van der Waals surface area contributed by atoms with Crippen molar-refractivity contribution in [3.8, 4) is 0 Å². The largest absolute Gasteiger partial charge is 0.463 e. The number of thioether (sulfide) groups is 1. The highest BCUT2D eigenvalue weighted by molar-refractivity contribution is 8.02. The first-order valence-electron chi connectivity index (χ1n) is 5.78. The number of carbonyl (C=O) groups is 1. The van der Waals surface area contributed by atoms with Gasteiger partial charge in [0.05, 0.1) is 6.61 Å². The van der Waals surface area contributed by atoms with Gasteiger partial charge in [0.1, 0.15) is 0 Å². The molecule has 0 bridgehead atoms. The van der Waals surface area contributed by atoms with Gasteiger partial charge in [0, 0.05) is 11.0 Å². The fourth-order valence-corrected chi connectivity index (χ4v) is 2.28. The summed E-state index contributed by atoms with van der Waals surface area (Å²) in [6, 6.07) is 14.4. The lowest BCUT2D eigenvalue weighted by Gasteiger charge is -2.00. The molecular weight excluding hydrogens is 244 g/mol. The van der Waals surface area contributed by atoms with Crippen molar-refractivity contribution in [2.45, 2.75) is 11.8 Å². The fourth-order valence-electron chi connectivity index (χ4n) is 1.60. The van der Waals surface area contributed by atoms with Crippen LogP contribution in [0.2, 0.25) is 0 Å². The van der Waals surface area contributed by atoms with Gasteiger partial charge in [-0.2, -0.15) is 0 Å². The molecule has 0 amide bonds. The minimum Gasteiger partial charge on any atom is -0.463 e. The Morgan fingerprint density at radius 3 is 2.78 bits per heavy atom. The molecule has 92 valence electrons. The SMILES string of the molecule is CCOC(=O)/C=C\Sc1ccc2ccccc2c1. The predicted molar refractivity (Wildman–Crippen MR) is 75.6 cm³/mol. The third-order valence-corrected chi connectivity index (χ3v) is 3.21. The highest BCUT2D eigenvalue weighted by Crippen LogP contribution is 2.24. The molecule has 0 aliphatic heterocycles. The molecule has 0 atom stereocenters. The first-order chi connectivity index (χ1) is 8.79. The van der Waals surface area contributed by atoms with Crippen LogP contribution in [0, 0.1) is 0 Å². The lowest BCUT2D eigenvalue weighted by Crippen LogP contribution is -1.98. The summed E-state index contributed by atoms with van der Waals surface area (Å²) in [4.78, 5) is 12.2. The number of fused-ring (bicyclic) bond motifs is 1. The normalized spacial score (nSPS) is 10.9. The van der Waals surface area contributed by atoms with E-state index in [0.717, 1.165) is 4.90 Å². The highest BCUT2D eigenvalue weighted by Gasteiger charge is 1.96. The summed E-state index contributed by atoms with van der Waals surface area (Å²) >= 11 is 1.51. The maximum Gasteiger partial charge on any atom is 0.331 e. The third kappa shape index (κ3) is 3.37. The van der Waals surface area contributed by atoms with E-state index in [9.17, 15) is 4.79 Å². The molecule has 0 heterocycles. The standard InChI is InChI=1S/C15H14O2S/c1-2-17-15(16)9-10-18-14-8-7-12-5-3-4-6-13(12)11-14/h3-11H,2H2,1H3/b10-9-. The van der Waals surface area contributed by atoms with Crippen molar-refractivity contribution >= 4 is 28.5 Å². The van der Waals surface area contributed by atoms with E-state index < -0.39 is 0 Å². The van der Waals surface area contributed by atoms with Crippen LogP contribution in [0.5, 0.6) is 0 Å². The molecule has 2 rings (SSSR count). The minimum absolute atomic E-state index is 0.300. The highest BCUT2D eigenvalue weighted by atomic mass is 32.2. The first-order valence-corrected chi connectivity index (χ1v) is 6.66. The van der Waals surface area contributed by atoms with Crippen molar-refractivity contribution in [1.82, 2.24) is 0 Å². The number of benzene rings is 2. The van der Waals surface area contributed by atoms with E-state index in [1.807, 2.05) is 18.2 Å². The molecule has 0 aliphatic carbocycles. The second kappa shape index (κ2) is 6.26. The summed E-state index contributed by atoms with van der Waals surface area (Å²) < 4.78 is 4.81. The average molecular weight is 258 g/mol. The van der Waals surface area contributed by atoms with Crippen LogP contribution in [-0.4, -0.2) is 12.6 Å². The second-order valence-electron chi connectivity index (χ2n) is 3.68. The third-order valence-electron chi connectivity index (χ3n) is 2.42. The molecule has 0 N–H and O–H groups in total.